The summed E-state index contributed by atoms with van der Waals surface area (Å²) in [5.74, 6) is 0.179. The Kier molecular flexibility index (Phi) is 5.05. The van der Waals surface area contributed by atoms with Gasteiger partial charge in [-0.15, -0.1) is 0 Å². The molecule has 4 nitrogen and oxygen atoms in total. The zero-order valence-electron chi connectivity index (χ0n) is 13.1. The maximum atomic E-state index is 13.7. The molecule has 24 heavy (non-hydrogen) atoms. The van der Waals surface area contributed by atoms with Crippen LogP contribution in [-0.4, -0.2) is 18.0 Å². The first-order valence-electron chi connectivity index (χ1n) is 7.59. The highest BCUT2D eigenvalue weighted by Crippen LogP contribution is 2.32. The number of carbonyl (C=O) groups excluding carboxylic acids is 1. The van der Waals surface area contributed by atoms with Gasteiger partial charge in [-0.2, -0.15) is 0 Å². The van der Waals surface area contributed by atoms with E-state index in [4.69, 9.17) is 4.74 Å². The lowest BCUT2D eigenvalue weighted by atomic mass is 10.2. The van der Waals surface area contributed by atoms with E-state index in [1.54, 1.807) is 24.3 Å². The fourth-order valence-electron chi connectivity index (χ4n) is 2.31. The molecule has 0 aromatic heterocycles. The van der Waals surface area contributed by atoms with Gasteiger partial charge < -0.3 is 15.4 Å². The van der Waals surface area contributed by atoms with Crippen molar-refractivity contribution in [1.82, 2.24) is 5.32 Å². The molecule has 2 aromatic rings. The number of rotatable bonds is 5. The quantitative estimate of drug-likeness (QED) is 0.810. The molecule has 1 fully saturated rings. The summed E-state index contributed by atoms with van der Waals surface area (Å²) in [5.41, 5.74) is 0.773. The normalized spacial score (nSPS) is 18.5. The van der Waals surface area contributed by atoms with E-state index in [1.807, 2.05) is 31.2 Å². The lowest BCUT2D eigenvalue weighted by Crippen LogP contribution is -2.31. The van der Waals surface area contributed by atoms with E-state index in [-0.39, 0.29) is 11.7 Å². The van der Waals surface area contributed by atoms with Crippen LogP contribution in [0.4, 0.5) is 10.1 Å². The lowest BCUT2D eigenvalue weighted by Gasteiger charge is -2.13. The van der Waals surface area contributed by atoms with Gasteiger partial charge in [-0.3, -0.25) is 4.79 Å². The Morgan fingerprint density at radius 3 is 2.79 bits per heavy atom. The number of hydrogen-bond donors (Lipinski definition) is 2. The van der Waals surface area contributed by atoms with E-state index < -0.39 is 5.50 Å². The summed E-state index contributed by atoms with van der Waals surface area (Å²) in [7, 11) is 0. The number of amides is 1. The lowest BCUT2D eigenvalue weighted by molar-refractivity contribution is -0.116. The minimum atomic E-state index is -0.417. The summed E-state index contributed by atoms with van der Waals surface area (Å²) in [6, 6.07) is 13.9. The monoisotopic (exact) mass is 344 g/mol. The third-order valence-electron chi connectivity index (χ3n) is 3.40. The summed E-state index contributed by atoms with van der Waals surface area (Å²) in [4.78, 5) is 12.7. The molecule has 124 valence electrons. The third-order valence-corrected chi connectivity index (χ3v) is 4.43. The maximum absolute atomic E-state index is 13.7. The Hall–Kier alpha value is -2.47. The molecule has 0 bridgehead atoms. The summed E-state index contributed by atoms with van der Waals surface area (Å²) < 4.78 is 19.3. The predicted molar refractivity (Wildman–Crippen MR) is 95.1 cm³/mol. The fourth-order valence-corrected chi connectivity index (χ4v) is 3.28. The average molecular weight is 344 g/mol. The van der Waals surface area contributed by atoms with Crippen LogP contribution in [0.1, 0.15) is 12.5 Å². The van der Waals surface area contributed by atoms with E-state index in [0.717, 1.165) is 11.3 Å². The fraction of sp³-hybridized carbons (Fsp3) is 0.167. The number of nitrogens with one attached hydrogen (secondary N) is 2. The van der Waals surface area contributed by atoms with Crippen LogP contribution in [0.3, 0.4) is 0 Å². The average Bonchev–Trinajstić information content (AvgIpc) is 2.91. The Bertz CT molecular complexity index is 779. The Morgan fingerprint density at radius 1 is 1.25 bits per heavy atom. The van der Waals surface area contributed by atoms with Crippen LogP contribution in [0.25, 0.3) is 6.08 Å². The number of anilines is 1. The van der Waals surface area contributed by atoms with Crippen LogP contribution in [0.2, 0.25) is 0 Å². The first kappa shape index (κ1) is 16.4. The highest BCUT2D eigenvalue weighted by molar-refractivity contribution is 8.05. The van der Waals surface area contributed by atoms with Crippen molar-refractivity contribution < 1.29 is 13.9 Å². The minimum Gasteiger partial charge on any atom is -0.493 e. The zero-order valence-corrected chi connectivity index (χ0v) is 13.9. The van der Waals surface area contributed by atoms with Gasteiger partial charge in [0.15, 0.2) is 5.50 Å². The predicted octanol–water partition coefficient (Wildman–Crippen LogP) is 3.82. The van der Waals surface area contributed by atoms with E-state index in [9.17, 15) is 9.18 Å². The van der Waals surface area contributed by atoms with Crippen LogP contribution in [0.5, 0.6) is 5.75 Å². The minimum absolute atomic E-state index is 0.194. The molecule has 0 saturated carbocycles. The van der Waals surface area contributed by atoms with Gasteiger partial charge >= 0.3 is 0 Å². The van der Waals surface area contributed by atoms with Crippen molar-refractivity contribution in [3.63, 3.8) is 0 Å². The molecule has 0 radical (unpaired) electrons. The first-order chi connectivity index (χ1) is 11.7. The number of hydrogen-bond acceptors (Lipinski definition) is 4. The van der Waals surface area contributed by atoms with Gasteiger partial charge in [0.05, 0.1) is 17.2 Å². The smallest absolute Gasteiger partial charge is 0.260 e. The molecule has 0 aliphatic carbocycles. The van der Waals surface area contributed by atoms with Gasteiger partial charge in [0.2, 0.25) is 0 Å². The number of benzene rings is 2. The van der Waals surface area contributed by atoms with Gasteiger partial charge in [0.1, 0.15) is 11.6 Å². The van der Waals surface area contributed by atoms with Crippen LogP contribution in [0.15, 0.2) is 53.4 Å². The van der Waals surface area contributed by atoms with Gasteiger partial charge in [0, 0.05) is 5.56 Å². The second-order valence-electron chi connectivity index (χ2n) is 5.07. The summed E-state index contributed by atoms with van der Waals surface area (Å²) in [5, 5.41) is 5.77. The largest absolute Gasteiger partial charge is 0.493 e. The molecule has 1 aliphatic rings. The van der Waals surface area contributed by atoms with Crippen molar-refractivity contribution in [3.8, 4) is 5.75 Å². The van der Waals surface area contributed by atoms with Gasteiger partial charge in [-0.25, -0.2) is 4.39 Å². The van der Waals surface area contributed by atoms with Crippen molar-refractivity contribution >= 4 is 29.4 Å². The van der Waals surface area contributed by atoms with Crippen molar-refractivity contribution in [2.45, 2.75) is 12.4 Å². The molecular formula is C18H17FN2O2S. The Morgan fingerprint density at radius 2 is 2.00 bits per heavy atom. The summed E-state index contributed by atoms with van der Waals surface area (Å²) in [6.07, 6.45) is 1.79. The number of para-hydroxylation sites is 2. The molecule has 6 heteroatoms. The summed E-state index contributed by atoms with van der Waals surface area (Å²) >= 11 is 1.31. The van der Waals surface area contributed by atoms with Crippen LogP contribution >= 0.6 is 11.8 Å². The Balaban J connectivity index is 1.77. The molecular weight excluding hydrogens is 327 g/mol. The van der Waals surface area contributed by atoms with Crippen molar-refractivity contribution in [2.75, 3.05) is 11.9 Å². The standard InChI is InChI=1S/C18H17FN2O2S/c1-2-23-15-10-6-3-7-12(15)11-16-17(22)21-18(24-16)20-14-9-5-4-8-13(14)19/h3-11,18,20H,2H2,1H3,(H,21,22)/b16-11-. The van der Waals surface area contributed by atoms with Gasteiger partial charge in [-0.05, 0) is 31.2 Å². The molecule has 1 atom stereocenters. The highest BCUT2D eigenvalue weighted by atomic mass is 32.2. The number of carbonyl (C=O) groups is 1. The molecule has 1 heterocycles. The van der Waals surface area contributed by atoms with Gasteiger partial charge in [0.25, 0.3) is 5.91 Å². The second kappa shape index (κ2) is 7.40. The third kappa shape index (κ3) is 3.71. The molecule has 1 unspecified atom stereocenters. The van der Waals surface area contributed by atoms with E-state index in [2.05, 4.69) is 10.6 Å². The van der Waals surface area contributed by atoms with Crippen molar-refractivity contribution in [2.24, 2.45) is 0 Å². The van der Waals surface area contributed by atoms with Crippen LogP contribution < -0.4 is 15.4 Å². The highest BCUT2D eigenvalue weighted by Gasteiger charge is 2.27. The van der Waals surface area contributed by atoms with Gasteiger partial charge in [-0.1, -0.05) is 42.1 Å². The summed E-state index contributed by atoms with van der Waals surface area (Å²) in [6.45, 7) is 2.46. The SMILES string of the molecule is CCOc1ccccc1/C=C1\SC(Nc2ccccc2F)NC1=O. The van der Waals surface area contributed by atoms with E-state index in [0.29, 0.717) is 17.2 Å². The van der Waals surface area contributed by atoms with Crippen molar-refractivity contribution in [1.29, 1.82) is 0 Å². The number of ether oxygens (including phenoxy) is 1. The van der Waals surface area contributed by atoms with E-state index >= 15 is 0 Å². The molecule has 2 N–H and O–H groups in total. The Labute approximate surface area is 144 Å². The molecule has 2 aromatic carbocycles. The number of halogens is 1. The maximum Gasteiger partial charge on any atom is 0.260 e. The molecule has 1 amide bonds. The topological polar surface area (TPSA) is 50.4 Å². The molecule has 1 aliphatic heterocycles. The molecule has 3 rings (SSSR count). The molecule has 1 saturated heterocycles. The zero-order chi connectivity index (χ0) is 16.9. The van der Waals surface area contributed by atoms with Crippen molar-refractivity contribution in [3.05, 3.63) is 64.8 Å². The van der Waals surface area contributed by atoms with Crippen LogP contribution in [0, 0.1) is 5.82 Å². The number of thioether (sulfide) groups is 1. The van der Waals surface area contributed by atoms with E-state index in [1.165, 1.54) is 17.8 Å². The first-order valence-corrected chi connectivity index (χ1v) is 8.47. The second-order valence-corrected chi connectivity index (χ2v) is 6.22. The molecule has 0 spiro atoms. The van der Waals surface area contributed by atoms with Crippen LogP contribution in [-0.2, 0) is 4.79 Å².